The van der Waals surface area contributed by atoms with Crippen molar-refractivity contribution in [3.8, 4) is 0 Å². The second-order valence-corrected chi connectivity index (χ2v) is 37.2. The second-order valence-electron chi connectivity index (χ2n) is 27.7. The normalized spacial score (nSPS) is 32.2. The monoisotopic (exact) mass is 1190 g/mol. The van der Waals surface area contributed by atoms with Crippen LogP contribution in [0.1, 0.15) is 185 Å². The first-order chi connectivity index (χ1) is 38.1. The van der Waals surface area contributed by atoms with Gasteiger partial charge in [-0.25, -0.2) is 4.79 Å². The number of hydrogen-bond donors (Lipinski definition) is 1. The fourth-order valence-corrected chi connectivity index (χ4v) is 14.2. The Morgan fingerprint density at radius 3 is 1.96 bits per heavy atom. The van der Waals surface area contributed by atoms with Crippen LogP contribution in [0, 0.1) is 29.6 Å². The first-order valence-corrected chi connectivity index (χ1v) is 36.6. The number of hydrogen-bond acceptors (Lipinski definition) is 15. The molecule has 3 heterocycles. The van der Waals surface area contributed by atoms with Crippen molar-refractivity contribution in [2.75, 3.05) is 27.9 Å². The summed E-state index contributed by atoms with van der Waals surface area (Å²) in [6.45, 7) is 34.9. The summed E-state index contributed by atoms with van der Waals surface area (Å²) in [7, 11) is -0.0909. The summed E-state index contributed by atoms with van der Waals surface area (Å²) in [5.74, 6) is -7.94. The second kappa shape index (κ2) is 30.8. The summed E-state index contributed by atoms with van der Waals surface area (Å²) in [6, 6.07) is -1.16. The van der Waals surface area contributed by atoms with Crippen LogP contribution in [-0.4, -0.2) is 144 Å². The van der Waals surface area contributed by atoms with Gasteiger partial charge >= 0.3 is 11.9 Å². The third-order valence-electron chi connectivity index (χ3n) is 19.0. The van der Waals surface area contributed by atoms with E-state index in [0.29, 0.717) is 70.6 Å². The number of allylic oxidation sites excluding steroid dienone is 4. The molecular formula is C64H109NO15Si2. The Kier molecular flexibility index (Phi) is 26.7. The summed E-state index contributed by atoms with van der Waals surface area (Å²) in [5, 5.41) is 12.0. The smallest absolute Gasteiger partial charge is 0.329 e. The number of cyclic esters (lactones) is 1. The lowest BCUT2D eigenvalue weighted by Gasteiger charge is -2.47. The Labute approximate surface area is 495 Å². The lowest BCUT2D eigenvalue weighted by molar-refractivity contribution is -0.302. The largest absolute Gasteiger partial charge is 0.519 e. The van der Waals surface area contributed by atoms with Gasteiger partial charge < -0.3 is 47.3 Å². The molecule has 0 radical (unpaired) electrons. The van der Waals surface area contributed by atoms with Gasteiger partial charge in [-0.05, 0) is 145 Å². The van der Waals surface area contributed by atoms with Crippen molar-refractivity contribution in [2.45, 2.75) is 276 Å². The Balaban J connectivity index is 1.69. The van der Waals surface area contributed by atoms with Crippen LogP contribution in [0.25, 0.3) is 0 Å². The van der Waals surface area contributed by atoms with Crippen molar-refractivity contribution in [2.24, 2.45) is 29.6 Å². The van der Waals surface area contributed by atoms with Crippen LogP contribution in [0.15, 0.2) is 36.0 Å². The van der Waals surface area contributed by atoms with E-state index in [1.807, 2.05) is 26.8 Å². The molecule has 1 amide bonds. The number of esters is 2. The maximum atomic E-state index is 15.1. The van der Waals surface area contributed by atoms with Gasteiger partial charge in [0.05, 0.1) is 24.4 Å². The SMILES string of the molecule is C=CCC1C=C(C)CC(C)CC(OC)C2OC(O)(C(=O)C(=O)N3CCCCC3C(=O)OC(C(C)=CC3CCC(OC(=O)CCCCCCC(=O)O[Si](C)(C)C(C)(C)C)C(OC)C3)C(C)C(O[Si](C)(C)C(C)(C)C)CC1=O)C(C)CC2OC. The number of rotatable bonds is 18. The molecule has 16 nitrogen and oxygen atoms in total. The summed E-state index contributed by atoms with van der Waals surface area (Å²) in [4.78, 5) is 86.5. The van der Waals surface area contributed by atoms with E-state index >= 15 is 4.79 Å². The minimum atomic E-state index is -2.62. The molecule has 0 aromatic rings. The van der Waals surface area contributed by atoms with Crippen molar-refractivity contribution in [3.05, 3.63) is 36.0 Å². The molecule has 3 fully saturated rings. The molecule has 1 N–H and O–H groups in total. The summed E-state index contributed by atoms with van der Waals surface area (Å²) in [6.07, 6.45) is 9.54. The maximum Gasteiger partial charge on any atom is 0.329 e. The van der Waals surface area contributed by atoms with Crippen LogP contribution in [0.3, 0.4) is 0 Å². The number of nitrogens with zero attached hydrogens (tertiary/aromatic N) is 1. The molecule has 0 spiro atoms. The van der Waals surface area contributed by atoms with E-state index in [0.717, 1.165) is 24.0 Å². The van der Waals surface area contributed by atoms with E-state index in [-0.39, 0.29) is 71.9 Å². The molecule has 2 saturated heterocycles. The third kappa shape index (κ3) is 19.1. The molecule has 18 heteroatoms. The van der Waals surface area contributed by atoms with Crippen molar-refractivity contribution in [1.82, 2.24) is 4.90 Å². The first kappa shape index (κ1) is 71.1. The van der Waals surface area contributed by atoms with Crippen LogP contribution in [0.2, 0.25) is 36.3 Å². The first-order valence-electron chi connectivity index (χ1n) is 30.8. The molecule has 4 rings (SSSR count). The van der Waals surface area contributed by atoms with Gasteiger partial charge in [-0.1, -0.05) is 99.0 Å². The van der Waals surface area contributed by atoms with Gasteiger partial charge in [-0.2, -0.15) is 0 Å². The quantitative estimate of drug-likeness (QED) is 0.0446. The molecule has 2 bridgehead atoms. The van der Waals surface area contributed by atoms with E-state index in [9.17, 15) is 29.1 Å². The average molecular weight is 1190 g/mol. The number of unbranched alkanes of at least 4 members (excludes halogenated alkanes) is 3. The number of methoxy groups -OCH3 is 3. The van der Waals surface area contributed by atoms with Gasteiger partial charge in [0.2, 0.25) is 5.79 Å². The van der Waals surface area contributed by atoms with Gasteiger partial charge in [0.1, 0.15) is 30.1 Å². The number of carbonyl (C=O) groups excluding carboxylic acids is 6. The van der Waals surface area contributed by atoms with Crippen LogP contribution in [0.5, 0.6) is 0 Å². The molecule has 0 aromatic heterocycles. The molecule has 468 valence electrons. The highest BCUT2D eigenvalue weighted by Crippen LogP contribution is 2.43. The number of carbonyl (C=O) groups is 6. The zero-order valence-corrected chi connectivity index (χ0v) is 55.8. The fourth-order valence-electron chi connectivity index (χ4n) is 11.8. The fraction of sp³-hybridized carbons (Fsp3) is 0.812. The molecule has 82 heavy (non-hydrogen) atoms. The van der Waals surface area contributed by atoms with E-state index in [2.05, 4.69) is 87.3 Å². The highest BCUT2D eigenvalue weighted by atomic mass is 28.4. The van der Waals surface area contributed by atoms with Crippen LogP contribution in [-0.2, 0) is 66.0 Å². The summed E-state index contributed by atoms with van der Waals surface area (Å²) < 4.78 is 50.3. The standard InChI is InChI=1S/C64H109NO15Si2/c1-20-27-47-35-41(2)34-42(3)36-53(74-14)58-54(75-15)38-44(5)64(72,78-58)59(69)60(70)65-33-26-25-28-48(65)61(71)77-57(45(6)51(40-49(47)66)79-81(16,17)62(7,8)9)43(4)37-46-31-32-50(52(39-46)73-13)76-55(67)29-23-21-22-24-30-56(68)80-82(18,19)63(10,11)12/h20,35,37,42,44-48,50-54,57-58,72H,1,21-34,36,38-40H2,2-19H3. The Hall–Kier alpha value is -3.37. The predicted octanol–water partition coefficient (Wildman–Crippen LogP) is 12.1. The van der Waals surface area contributed by atoms with Gasteiger partial charge in [-0.3, -0.25) is 24.0 Å². The Bertz CT molecular complexity index is 2230. The molecule has 4 aliphatic rings. The predicted molar refractivity (Wildman–Crippen MR) is 324 cm³/mol. The van der Waals surface area contributed by atoms with Crippen molar-refractivity contribution < 1.29 is 71.1 Å². The minimum Gasteiger partial charge on any atom is -0.519 e. The van der Waals surface area contributed by atoms with Gasteiger partial charge in [0, 0.05) is 64.9 Å². The number of aliphatic hydroxyl groups is 1. The molecule has 1 aliphatic carbocycles. The topological polar surface area (TPSA) is 200 Å². The lowest BCUT2D eigenvalue weighted by atomic mass is 9.81. The van der Waals surface area contributed by atoms with Crippen molar-refractivity contribution in [1.29, 1.82) is 0 Å². The number of ketones is 2. The Morgan fingerprint density at radius 2 is 1.38 bits per heavy atom. The van der Waals surface area contributed by atoms with Crippen LogP contribution >= 0.6 is 0 Å². The molecule has 3 aliphatic heterocycles. The van der Waals surface area contributed by atoms with Gasteiger partial charge in [0.15, 0.2) is 8.32 Å². The lowest BCUT2D eigenvalue weighted by Crippen LogP contribution is -2.64. The third-order valence-corrected chi connectivity index (χ3v) is 27.9. The number of ether oxygens (including phenoxy) is 6. The molecular weight excluding hydrogens is 1080 g/mol. The van der Waals surface area contributed by atoms with E-state index in [4.69, 9.17) is 37.3 Å². The highest BCUT2D eigenvalue weighted by molar-refractivity contribution is 6.75. The minimum absolute atomic E-state index is 0.00258. The number of amides is 1. The zero-order valence-electron chi connectivity index (χ0n) is 53.8. The number of Topliss-reactive ketones (excluding diaryl/α,β-unsaturated/α-hetero) is 2. The summed E-state index contributed by atoms with van der Waals surface area (Å²) >= 11 is 0. The summed E-state index contributed by atoms with van der Waals surface area (Å²) in [5.41, 5.74) is 1.72. The van der Waals surface area contributed by atoms with Gasteiger partial charge in [0.25, 0.3) is 26.0 Å². The van der Waals surface area contributed by atoms with Gasteiger partial charge in [-0.15, -0.1) is 6.58 Å². The van der Waals surface area contributed by atoms with E-state index < -0.39 is 107 Å². The number of piperidine rings is 1. The molecule has 14 unspecified atom stereocenters. The zero-order chi connectivity index (χ0) is 61.7. The number of fused-ring (bicyclic) bond motifs is 3. The van der Waals surface area contributed by atoms with Crippen LogP contribution < -0.4 is 0 Å². The Morgan fingerprint density at radius 1 is 0.780 bits per heavy atom. The molecule has 1 saturated carbocycles. The van der Waals surface area contributed by atoms with Crippen LogP contribution in [0.4, 0.5) is 0 Å². The average Bonchev–Trinajstić information content (AvgIpc) is 3.40. The maximum absolute atomic E-state index is 15.1. The van der Waals surface area contributed by atoms with E-state index in [1.54, 1.807) is 34.3 Å². The van der Waals surface area contributed by atoms with Crippen molar-refractivity contribution in [3.63, 3.8) is 0 Å². The molecule has 0 aromatic carbocycles. The van der Waals surface area contributed by atoms with E-state index in [1.165, 1.54) is 4.90 Å². The van der Waals surface area contributed by atoms with Crippen molar-refractivity contribution >= 4 is 52.0 Å². The highest BCUT2D eigenvalue weighted by Gasteiger charge is 2.57. The molecule has 14 atom stereocenters.